The number of nitrogens with zero attached hydrogens (tertiary/aromatic N) is 1. The second-order valence-electron chi connectivity index (χ2n) is 2.46. The molecule has 0 spiro atoms. The summed E-state index contributed by atoms with van der Waals surface area (Å²) in [7, 11) is 0. The summed E-state index contributed by atoms with van der Waals surface area (Å²) in [5.41, 5.74) is 5.32. The van der Waals surface area contributed by atoms with Crippen LogP contribution in [0.3, 0.4) is 0 Å². The topological polar surface area (TPSA) is 49.8 Å². The van der Waals surface area contributed by atoms with E-state index in [1.165, 1.54) is 19.3 Å². The zero-order chi connectivity index (χ0) is 9.66. The van der Waals surface area contributed by atoms with E-state index < -0.39 is 0 Å². The molecule has 0 aromatic heterocycles. The molecule has 0 saturated carbocycles. The molecule has 0 saturated heterocycles. The molecule has 2 heteroatoms. The summed E-state index contributed by atoms with van der Waals surface area (Å²) in [6, 6.07) is 2.13. The van der Waals surface area contributed by atoms with Crippen molar-refractivity contribution in [1.29, 1.82) is 5.26 Å². The zero-order valence-corrected chi connectivity index (χ0v) is 8.47. The Morgan fingerprint density at radius 1 is 1.00 bits per heavy atom. The van der Waals surface area contributed by atoms with Gasteiger partial charge < -0.3 is 5.73 Å². The lowest BCUT2D eigenvalue weighted by molar-refractivity contribution is 0.624. The molecular weight excluding hydrogens is 148 g/mol. The van der Waals surface area contributed by atoms with Gasteiger partial charge in [-0.2, -0.15) is 5.26 Å². The maximum Gasteiger partial charge on any atom is 0.0621 e. The van der Waals surface area contributed by atoms with E-state index in [1.807, 2.05) is 13.8 Å². The van der Waals surface area contributed by atoms with E-state index >= 15 is 0 Å². The Hall–Kier alpha value is -0.550. The number of unbranched alkanes of at least 4 members (excludes halogenated alkanes) is 5. The van der Waals surface area contributed by atoms with Gasteiger partial charge in [0.2, 0.25) is 0 Å². The molecule has 12 heavy (non-hydrogen) atoms. The van der Waals surface area contributed by atoms with Crippen molar-refractivity contribution in [1.82, 2.24) is 0 Å². The first-order valence-corrected chi connectivity index (χ1v) is 4.99. The van der Waals surface area contributed by atoms with Gasteiger partial charge in [-0.15, -0.1) is 0 Å². The summed E-state index contributed by atoms with van der Waals surface area (Å²) in [4.78, 5) is 0. The molecule has 0 fully saturated rings. The minimum Gasteiger partial charge on any atom is -0.330 e. The van der Waals surface area contributed by atoms with E-state index in [0.717, 1.165) is 19.4 Å². The third-order valence-corrected chi connectivity index (χ3v) is 1.49. The van der Waals surface area contributed by atoms with Crippen LogP contribution in [-0.2, 0) is 0 Å². The van der Waals surface area contributed by atoms with Crippen molar-refractivity contribution in [2.75, 3.05) is 6.54 Å². The van der Waals surface area contributed by atoms with Gasteiger partial charge in [-0.05, 0) is 19.4 Å². The second-order valence-corrected chi connectivity index (χ2v) is 2.46. The van der Waals surface area contributed by atoms with E-state index in [2.05, 4.69) is 6.07 Å². The van der Waals surface area contributed by atoms with E-state index in [1.54, 1.807) is 0 Å². The zero-order valence-electron chi connectivity index (χ0n) is 8.47. The van der Waals surface area contributed by atoms with Gasteiger partial charge in [0.1, 0.15) is 0 Å². The van der Waals surface area contributed by atoms with Crippen LogP contribution in [0.2, 0.25) is 0 Å². The highest BCUT2D eigenvalue weighted by Gasteiger charge is 1.87. The van der Waals surface area contributed by atoms with Crippen molar-refractivity contribution in [2.24, 2.45) is 5.73 Å². The van der Waals surface area contributed by atoms with E-state index in [9.17, 15) is 0 Å². The summed E-state index contributed by atoms with van der Waals surface area (Å²) in [6.07, 6.45) is 6.55. The van der Waals surface area contributed by atoms with Crippen LogP contribution in [0.5, 0.6) is 0 Å². The minimum absolute atomic E-state index is 0.711. The predicted molar refractivity (Wildman–Crippen MR) is 53.7 cm³/mol. The molecule has 0 aliphatic rings. The molecule has 0 atom stereocenters. The molecule has 0 bridgehead atoms. The minimum atomic E-state index is 0.711. The smallest absolute Gasteiger partial charge is 0.0621 e. The van der Waals surface area contributed by atoms with Gasteiger partial charge >= 0.3 is 0 Å². The van der Waals surface area contributed by atoms with Crippen molar-refractivity contribution in [3.63, 3.8) is 0 Å². The van der Waals surface area contributed by atoms with Crippen molar-refractivity contribution >= 4 is 0 Å². The number of rotatable bonds is 6. The van der Waals surface area contributed by atoms with Crippen LogP contribution in [0.25, 0.3) is 0 Å². The third kappa shape index (κ3) is 16.2. The molecule has 2 N–H and O–H groups in total. The normalized spacial score (nSPS) is 8.17. The van der Waals surface area contributed by atoms with Gasteiger partial charge in [-0.25, -0.2) is 0 Å². The first-order chi connectivity index (χ1) is 5.91. The van der Waals surface area contributed by atoms with Crippen LogP contribution in [-0.4, -0.2) is 6.54 Å². The highest BCUT2D eigenvalue weighted by atomic mass is 14.5. The number of hydrogen-bond donors (Lipinski definition) is 1. The predicted octanol–water partition coefficient (Wildman–Crippen LogP) is 2.84. The van der Waals surface area contributed by atoms with Crippen molar-refractivity contribution in [3.8, 4) is 6.07 Å². The van der Waals surface area contributed by atoms with Crippen LogP contribution in [0.15, 0.2) is 0 Å². The molecule has 2 nitrogen and oxygen atoms in total. The van der Waals surface area contributed by atoms with Crippen molar-refractivity contribution < 1.29 is 0 Å². The average Bonchev–Trinajstić information content (AvgIpc) is 2.15. The monoisotopic (exact) mass is 170 g/mol. The van der Waals surface area contributed by atoms with Gasteiger partial charge in [0.05, 0.1) is 6.07 Å². The molecule has 0 rings (SSSR count). The molecule has 0 unspecified atom stereocenters. The first kappa shape index (κ1) is 14.0. The van der Waals surface area contributed by atoms with Crippen LogP contribution >= 0.6 is 0 Å². The maximum atomic E-state index is 8.20. The van der Waals surface area contributed by atoms with Crippen molar-refractivity contribution in [2.45, 2.75) is 52.4 Å². The molecule has 0 aliphatic carbocycles. The molecule has 0 aromatic carbocycles. The van der Waals surface area contributed by atoms with E-state index in [-0.39, 0.29) is 0 Å². The Bertz CT molecular complexity index is 94.5. The summed E-state index contributed by atoms with van der Waals surface area (Å²) >= 11 is 0. The van der Waals surface area contributed by atoms with Crippen LogP contribution in [0.4, 0.5) is 0 Å². The highest BCUT2D eigenvalue weighted by molar-refractivity contribution is 4.67. The Labute approximate surface area is 76.8 Å². The average molecular weight is 170 g/mol. The fourth-order valence-corrected chi connectivity index (χ4v) is 0.879. The lowest BCUT2D eigenvalue weighted by Crippen LogP contribution is -1.97. The van der Waals surface area contributed by atoms with Gasteiger partial charge in [0.15, 0.2) is 0 Å². The van der Waals surface area contributed by atoms with Gasteiger partial charge in [0.25, 0.3) is 0 Å². The standard InChI is InChI=1S/C8H16N2.C2H6/c9-7-5-3-1-2-4-6-8-10;1-2/h1-7,9H2;1-2H3. The van der Waals surface area contributed by atoms with Gasteiger partial charge in [-0.1, -0.05) is 33.1 Å². The summed E-state index contributed by atoms with van der Waals surface area (Å²) in [5, 5.41) is 8.20. The van der Waals surface area contributed by atoms with Crippen molar-refractivity contribution in [3.05, 3.63) is 0 Å². The van der Waals surface area contributed by atoms with E-state index in [0.29, 0.717) is 6.42 Å². The van der Waals surface area contributed by atoms with Crippen LogP contribution in [0, 0.1) is 11.3 Å². The lowest BCUT2D eigenvalue weighted by atomic mass is 10.1. The molecule has 0 amide bonds. The Balaban J connectivity index is 0. The molecule has 72 valence electrons. The number of hydrogen-bond acceptors (Lipinski definition) is 2. The molecule has 0 radical (unpaired) electrons. The van der Waals surface area contributed by atoms with Crippen LogP contribution < -0.4 is 5.73 Å². The van der Waals surface area contributed by atoms with Crippen LogP contribution in [0.1, 0.15) is 52.4 Å². The highest BCUT2D eigenvalue weighted by Crippen LogP contribution is 2.03. The summed E-state index contributed by atoms with van der Waals surface area (Å²) < 4.78 is 0. The largest absolute Gasteiger partial charge is 0.330 e. The Kier molecular flexibility index (Phi) is 19.6. The molecule has 0 aromatic rings. The Morgan fingerprint density at radius 2 is 1.50 bits per heavy atom. The van der Waals surface area contributed by atoms with Gasteiger partial charge in [-0.3, -0.25) is 0 Å². The van der Waals surface area contributed by atoms with Gasteiger partial charge in [0, 0.05) is 6.42 Å². The summed E-state index contributed by atoms with van der Waals surface area (Å²) in [5.74, 6) is 0. The maximum absolute atomic E-state index is 8.20. The molecule has 0 heterocycles. The fraction of sp³-hybridized carbons (Fsp3) is 0.900. The molecular formula is C10H22N2. The third-order valence-electron chi connectivity index (χ3n) is 1.49. The molecule has 0 aliphatic heterocycles. The SMILES string of the molecule is CC.N#CCCCCCCCN. The second kappa shape index (κ2) is 16.8. The summed E-state index contributed by atoms with van der Waals surface area (Å²) in [6.45, 7) is 4.80. The Morgan fingerprint density at radius 3 is 2.00 bits per heavy atom. The number of nitrogens with two attached hydrogens (primary N) is 1. The lowest BCUT2D eigenvalue weighted by Gasteiger charge is -1.95. The van der Waals surface area contributed by atoms with E-state index in [4.69, 9.17) is 11.0 Å². The fourth-order valence-electron chi connectivity index (χ4n) is 0.879. The number of nitriles is 1. The quantitative estimate of drug-likeness (QED) is 0.623. The first-order valence-electron chi connectivity index (χ1n) is 4.99.